The Kier molecular flexibility index (Phi) is 6.62. The van der Waals surface area contributed by atoms with Gasteiger partial charge in [-0.25, -0.2) is 4.39 Å². The summed E-state index contributed by atoms with van der Waals surface area (Å²) in [5.41, 5.74) is 2.72. The Morgan fingerprint density at radius 3 is 1.67 bits per heavy atom. The topological polar surface area (TPSA) is 23.8 Å². The third-order valence-corrected chi connectivity index (χ3v) is 3.23. The van der Waals surface area contributed by atoms with Gasteiger partial charge in [-0.3, -0.25) is 0 Å². The van der Waals surface area contributed by atoms with Gasteiger partial charge in [0.05, 0.1) is 11.6 Å². The number of benzene rings is 2. The SMILES string of the molecule is CC(C)c1ccccc1C#N.CC(C)c1ccccc1F. The highest BCUT2D eigenvalue weighted by Gasteiger charge is 2.03. The highest BCUT2D eigenvalue weighted by molar-refractivity contribution is 5.38. The van der Waals surface area contributed by atoms with E-state index < -0.39 is 0 Å². The Morgan fingerprint density at radius 2 is 1.29 bits per heavy atom. The van der Waals surface area contributed by atoms with E-state index >= 15 is 0 Å². The van der Waals surface area contributed by atoms with E-state index in [1.165, 1.54) is 6.07 Å². The lowest BCUT2D eigenvalue weighted by Gasteiger charge is -2.05. The fourth-order valence-electron chi connectivity index (χ4n) is 2.05. The molecule has 2 aromatic rings. The number of nitrogens with zero attached hydrogens (tertiary/aromatic N) is 1. The van der Waals surface area contributed by atoms with Gasteiger partial charge in [0, 0.05) is 0 Å². The van der Waals surface area contributed by atoms with Crippen molar-refractivity contribution in [2.45, 2.75) is 39.5 Å². The minimum atomic E-state index is -0.0995. The van der Waals surface area contributed by atoms with Gasteiger partial charge in [-0.15, -0.1) is 0 Å². The normalized spacial score (nSPS) is 10.0. The molecule has 110 valence electrons. The third-order valence-electron chi connectivity index (χ3n) is 3.23. The van der Waals surface area contributed by atoms with E-state index in [1.54, 1.807) is 6.07 Å². The molecule has 0 aliphatic carbocycles. The third kappa shape index (κ3) is 5.04. The van der Waals surface area contributed by atoms with Crippen molar-refractivity contribution in [1.82, 2.24) is 0 Å². The van der Waals surface area contributed by atoms with E-state index in [0.717, 1.165) is 16.7 Å². The summed E-state index contributed by atoms with van der Waals surface area (Å²) in [4.78, 5) is 0. The molecule has 21 heavy (non-hydrogen) atoms. The standard InChI is InChI=1S/C10H11N.C9H11F/c1-8(2)10-6-4-3-5-9(10)7-11;1-7(2)8-5-3-4-6-9(8)10/h3-6,8H,1-2H3;3-7H,1-2H3. The van der Waals surface area contributed by atoms with Crippen LogP contribution in [0.25, 0.3) is 0 Å². The first kappa shape index (κ1) is 16.9. The molecule has 0 fully saturated rings. The maximum atomic E-state index is 12.8. The molecule has 1 nitrogen and oxygen atoms in total. The van der Waals surface area contributed by atoms with Gasteiger partial charge in [-0.05, 0) is 35.1 Å². The zero-order valence-electron chi connectivity index (χ0n) is 13.1. The van der Waals surface area contributed by atoms with E-state index in [1.807, 2.05) is 50.2 Å². The van der Waals surface area contributed by atoms with Crippen LogP contribution in [0.3, 0.4) is 0 Å². The summed E-state index contributed by atoms with van der Waals surface area (Å²) < 4.78 is 12.8. The second-order valence-electron chi connectivity index (χ2n) is 5.53. The molecule has 0 radical (unpaired) electrons. The predicted octanol–water partition coefficient (Wildman–Crippen LogP) is 5.63. The van der Waals surface area contributed by atoms with Crippen LogP contribution in [0.1, 0.15) is 56.2 Å². The highest BCUT2D eigenvalue weighted by atomic mass is 19.1. The molecule has 2 heteroatoms. The monoisotopic (exact) mass is 283 g/mol. The van der Waals surface area contributed by atoms with Gasteiger partial charge in [0.2, 0.25) is 0 Å². The molecule has 0 unspecified atom stereocenters. The molecule has 2 aromatic carbocycles. The van der Waals surface area contributed by atoms with Crippen molar-refractivity contribution in [1.29, 1.82) is 5.26 Å². The van der Waals surface area contributed by atoms with Crippen molar-refractivity contribution in [2.75, 3.05) is 0 Å². The van der Waals surface area contributed by atoms with Gasteiger partial charge in [0.15, 0.2) is 0 Å². The Bertz CT molecular complexity index is 609. The molecule has 0 aromatic heterocycles. The minimum Gasteiger partial charge on any atom is -0.207 e. The minimum absolute atomic E-state index is 0.0995. The van der Waals surface area contributed by atoms with Gasteiger partial charge in [0.25, 0.3) is 0 Å². The van der Waals surface area contributed by atoms with Crippen LogP contribution >= 0.6 is 0 Å². The summed E-state index contributed by atoms with van der Waals surface area (Å²) in [5.74, 6) is 0.615. The fourth-order valence-corrected chi connectivity index (χ4v) is 2.05. The molecule has 0 N–H and O–H groups in total. The van der Waals surface area contributed by atoms with Crippen LogP contribution in [0.15, 0.2) is 48.5 Å². The molecule has 0 spiro atoms. The zero-order chi connectivity index (χ0) is 15.8. The van der Waals surface area contributed by atoms with Crippen molar-refractivity contribution in [2.24, 2.45) is 0 Å². The van der Waals surface area contributed by atoms with E-state index in [2.05, 4.69) is 19.9 Å². The molecule has 0 aliphatic heterocycles. The lowest BCUT2D eigenvalue weighted by atomic mass is 9.98. The Labute approximate surface area is 127 Å². The number of hydrogen-bond donors (Lipinski definition) is 0. The van der Waals surface area contributed by atoms with Crippen LogP contribution in [-0.2, 0) is 0 Å². The van der Waals surface area contributed by atoms with Crippen molar-refractivity contribution in [3.63, 3.8) is 0 Å². The first-order valence-electron chi connectivity index (χ1n) is 7.20. The van der Waals surface area contributed by atoms with Crippen molar-refractivity contribution in [3.8, 4) is 6.07 Å². The molecule has 0 amide bonds. The van der Waals surface area contributed by atoms with Crippen molar-refractivity contribution >= 4 is 0 Å². The summed E-state index contributed by atoms with van der Waals surface area (Å²) in [6.07, 6.45) is 0. The number of halogens is 1. The first-order chi connectivity index (χ1) is 9.97. The lowest BCUT2D eigenvalue weighted by Crippen LogP contribution is -1.90. The van der Waals surface area contributed by atoms with Gasteiger partial charge in [-0.1, -0.05) is 64.1 Å². The summed E-state index contributed by atoms with van der Waals surface area (Å²) in [6.45, 7) is 8.16. The van der Waals surface area contributed by atoms with Gasteiger partial charge < -0.3 is 0 Å². The molecule has 0 bridgehead atoms. The Hall–Kier alpha value is -2.14. The van der Waals surface area contributed by atoms with Gasteiger partial charge in [0.1, 0.15) is 5.82 Å². The number of rotatable bonds is 2. The van der Waals surface area contributed by atoms with Crippen LogP contribution in [0.5, 0.6) is 0 Å². The average molecular weight is 283 g/mol. The largest absolute Gasteiger partial charge is 0.207 e. The Balaban J connectivity index is 0.000000211. The van der Waals surface area contributed by atoms with Crippen molar-refractivity contribution < 1.29 is 4.39 Å². The van der Waals surface area contributed by atoms with Crippen LogP contribution in [-0.4, -0.2) is 0 Å². The predicted molar refractivity (Wildman–Crippen MR) is 85.7 cm³/mol. The molecule has 0 atom stereocenters. The molecule has 2 rings (SSSR count). The highest BCUT2D eigenvalue weighted by Crippen LogP contribution is 2.18. The smallest absolute Gasteiger partial charge is 0.126 e. The quantitative estimate of drug-likeness (QED) is 0.700. The second kappa shape index (κ2) is 8.21. The molecular weight excluding hydrogens is 261 g/mol. The number of nitriles is 1. The van der Waals surface area contributed by atoms with E-state index in [4.69, 9.17) is 5.26 Å². The van der Waals surface area contributed by atoms with Gasteiger partial charge in [-0.2, -0.15) is 5.26 Å². The second-order valence-corrected chi connectivity index (χ2v) is 5.53. The molecule has 0 heterocycles. The Morgan fingerprint density at radius 1 is 0.810 bits per heavy atom. The van der Waals surface area contributed by atoms with E-state index in [0.29, 0.717) is 5.92 Å². The van der Waals surface area contributed by atoms with Crippen molar-refractivity contribution in [3.05, 3.63) is 71.0 Å². The molecule has 0 saturated heterocycles. The number of hydrogen-bond acceptors (Lipinski definition) is 1. The molecule has 0 aliphatic rings. The summed E-state index contributed by atoms with van der Waals surface area (Å²) in [7, 11) is 0. The summed E-state index contributed by atoms with van der Waals surface area (Å²) >= 11 is 0. The van der Waals surface area contributed by atoms with Gasteiger partial charge >= 0.3 is 0 Å². The summed E-state index contributed by atoms with van der Waals surface area (Å²) in [6, 6.07) is 16.8. The first-order valence-corrected chi connectivity index (χ1v) is 7.20. The van der Waals surface area contributed by atoms with E-state index in [9.17, 15) is 4.39 Å². The van der Waals surface area contributed by atoms with Crippen LogP contribution < -0.4 is 0 Å². The lowest BCUT2D eigenvalue weighted by molar-refractivity contribution is 0.598. The fraction of sp³-hybridized carbons (Fsp3) is 0.316. The summed E-state index contributed by atoms with van der Waals surface area (Å²) in [5, 5.41) is 8.72. The average Bonchev–Trinajstić information content (AvgIpc) is 2.48. The van der Waals surface area contributed by atoms with Crippen LogP contribution in [0, 0.1) is 17.1 Å². The van der Waals surface area contributed by atoms with Crippen LogP contribution in [0.2, 0.25) is 0 Å². The maximum Gasteiger partial charge on any atom is 0.126 e. The zero-order valence-corrected chi connectivity index (χ0v) is 13.1. The molecule has 0 saturated carbocycles. The van der Waals surface area contributed by atoms with Crippen LogP contribution in [0.4, 0.5) is 4.39 Å². The maximum absolute atomic E-state index is 12.8. The molecular formula is C19H22FN. The van der Waals surface area contributed by atoms with E-state index in [-0.39, 0.29) is 11.7 Å².